The first-order valence-corrected chi connectivity index (χ1v) is 4.35. The molecule has 0 aliphatic heterocycles. The Kier molecular flexibility index (Phi) is 2.28. The third-order valence-electron chi connectivity index (χ3n) is 2.02. The molecule has 3 N–H and O–H groups in total. The van der Waals surface area contributed by atoms with Gasteiger partial charge in [0, 0.05) is 31.3 Å². The van der Waals surface area contributed by atoms with E-state index in [2.05, 4.69) is 20.4 Å². The van der Waals surface area contributed by atoms with Crippen molar-refractivity contribution in [2.75, 3.05) is 0 Å². The number of hydrogen-bond donors (Lipinski definition) is 2. The molecule has 0 aliphatic rings. The summed E-state index contributed by atoms with van der Waals surface area (Å²) in [6.07, 6.45) is 5.91. The van der Waals surface area contributed by atoms with E-state index in [1.165, 1.54) is 4.80 Å². The highest BCUT2D eigenvalue weighted by Crippen LogP contribution is 2.11. The van der Waals surface area contributed by atoms with Gasteiger partial charge in [-0.25, -0.2) is 0 Å². The van der Waals surface area contributed by atoms with E-state index in [0.29, 0.717) is 6.42 Å². The summed E-state index contributed by atoms with van der Waals surface area (Å²) in [5.41, 5.74) is 7.82. The van der Waals surface area contributed by atoms with Crippen LogP contribution in [0.5, 0.6) is 0 Å². The van der Waals surface area contributed by atoms with Crippen molar-refractivity contribution in [3.8, 4) is 0 Å². The van der Waals surface area contributed by atoms with Gasteiger partial charge in [0.1, 0.15) is 0 Å². The number of H-pyrrole nitrogens is 1. The topological polar surface area (TPSA) is 85.4 Å². The SMILES string of the molecule is Cn1ncc(CC(N)c2cn[nH]c2)n1. The molecule has 1 atom stereocenters. The molecule has 0 amide bonds. The quantitative estimate of drug-likeness (QED) is 0.704. The van der Waals surface area contributed by atoms with Crippen molar-refractivity contribution >= 4 is 0 Å². The van der Waals surface area contributed by atoms with Crippen molar-refractivity contribution in [3.63, 3.8) is 0 Å². The van der Waals surface area contributed by atoms with Crippen LogP contribution in [0.25, 0.3) is 0 Å². The van der Waals surface area contributed by atoms with Gasteiger partial charge in [-0.1, -0.05) is 0 Å². The van der Waals surface area contributed by atoms with Crippen molar-refractivity contribution in [2.24, 2.45) is 12.8 Å². The molecule has 2 aromatic heterocycles. The summed E-state index contributed by atoms with van der Waals surface area (Å²) in [7, 11) is 1.78. The monoisotopic (exact) mass is 192 g/mol. The van der Waals surface area contributed by atoms with Crippen LogP contribution in [-0.4, -0.2) is 25.2 Å². The summed E-state index contributed by atoms with van der Waals surface area (Å²) in [5, 5.41) is 14.7. The Bertz CT molecular complexity index is 390. The largest absolute Gasteiger partial charge is 0.324 e. The molecule has 6 heteroatoms. The number of nitrogens with one attached hydrogen (secondary N) is 1. The fourth-order valence-corrected chi connectivity index (χ4v) is 1.29. The Balaban J connectivity index is 2.05. The number of hydrogen-bond acceptors (Lipinski definition) is 4. The van der Waals surface area contributed by atoms with Gasteiger partial charge in [0.25, 0.3) is 0 Å². The molecule has 0 aromatic carbocycles. The Morgan fingerprint density at radius 2 is 2.43 bits per heavy atom. The summed E-state index contributed by atoms with van der Waals surface area (Å²) < 4.78 is 0. The van der Waals surface area contributed by atoms with Crippen LogP contribution >= 0.6 is 0 Å². The molecule has 0 spiro atoms. The van der Waals surface area contributed by atoms with E-state index in [1.807, 2.05) is 0 Å². The van der Waals surface area contributed by atoms with Crippen molar-refractivity contribution in [3.05, 3.63) is 29.8 Å². The molecule has 74 valence electrons. The van der Waals surface area contributed by atoms with Gasteiger partial charge in [-0.2, -0.15) is 20.1 Å². The molecule has 0 bridgehead atoms. The van der Waals surface area contributed by atoms with E-state index >= 15 is 0 Å². The van der Waals surface area contributed by atoms with E-state index in [1.54, 1.807) is 25.6 Å². The summed E-state index contributed by atoms with van der Waals surface area (Å²) in [4.78, 5) is 1.53. The fourth-order valence-electron chi connectivity index (χ4n) is 1.29. The first-order chi connectivity index (χ1) is 6.75. The number of rotatable bonds is 3. The van der Waals surface area contributed by atoms with E-state index in [4.69, 9.17) is 5.73 Å². The summed E-state index contributed by atoms with van der Waals surface area (Å²) in [6.45, 7) is 0. The lowest BCUT2D eigenvalue weighted by molar-refractivity contribution is 0.630. The van der Waals surface area contributed by atoms with Gasteiger partial charge in [-0.15, -0.1) is 0 Å². The average Bonchev–Trinajstić information content (AvgIpc) is 2.75. The predicted molar refractivity (Wildman–Crippen MR) is 50.2 cm³/mol. The first-order valence-electron chi connectivity index (χ1n) is 4.35. The Hall–Kier alpha value is -1.69. The van der Waals surface area contributed by atoms with Gasteiger partial charge < -0.3 is 5.73 Å². The van der Waals surface area contributed by atoms with Crippen LogP contribution in [0.3, 0.4) is 0 Å². The van der Waals surface area contributed by atoms with Crippen LogP contribution in [0, 0.1) is 0 Å². The van der Waals surface area contributed by atoms with E-state index in [9.17, 15) is 0 Å². The first kappa shape index (κ1) is 8.89. The average molecular weight is 192 g/mol. The Labute approximate surface area is 81.1 Å². The number of aromatic amines is 1. The minimum atomic E-state index is -0.0783. The number of aromatic nitrogens is 5. The van der Waals surface area contributed by atoms with Crippen molar-refractivity contribution in [1.82, 2.24) is 25.2 Å². The lowest BCUT2D eigenvalue weighted by atomic mass is 10.1. The lowest BCUT2D eigenvalue weighted by Crippen LogP contribution is -2.13. The summed E-state index contributed by atoms with van der Waals surface area (Å²) in [5.74, 6) is 0. The van der Waals surface area contributed by atoms with Gasteiger partial charge in [-0.05, 0) is 0 Å². The second-order valence-corrected chi connectivity index (χ2v) is 3.17. The minimum Gasteiger partial charge on any atom is -0.324 e. The molecule has 6 nitrogen and oxygen atoms in total. The Morgan fingerprint density at radius 1 is 1.57 bits per heavy atom. The van der Waals surface area contributed by atoms with Crippen molar-refractivity contribution < 1.29 is 0 Å². The number of aryl methyl sites for hydroxylation is 1. The molecule has 0 radical (unpaired) electrons. The van der Waals surface area contributed by atoms with Crippen LogP contribution in [0.2, 0.25) is 0 Å². The molecule has 2 rings (SSSR count). The van der Waals surface area contributed by atoms with Crippen LogP contribution in [0.4, 0.5) is 0 Å². The van der Waals surface area contributed by atoms with Gasteiger partial charge in [0.2, 0.25) is 0 Å². The fraction of sp³-hybridized carbons (Fsp3) is 0.375. The molecular weight excluding hydrogens is 180 g/mol. The van der Waals surface area contributed by atoms with Crippen molar-refractivity contribution in [1.29, 1.82) is 0 Å². The van der Waals surface area contributed by atoms with Crippen LogP contribution in [-0.2, 0) is 13.5 Å². The molecule has 2 heterocycles. The molecular formula is C8H12N6. The molecule has 2 aromatic rings. The Morgan fingerprint density at radius 3 is 3.00 bits per heavy atom. The molecule has 0 fully saturated rings. The maximum absolute atomic E-state index is 5.94. The summed E-state index contributed by atoms with van der Waals surface area (Å²) >= 11 is 0. The molecule has 0 aliphatic carbocycles. The second-order valence-electron chi connectivity index (χ2n) is 3.17. The zero-order chi connectivity index (χ0) is 9.97. The molecule has 0 saturated heterocycles. The van der Waals surface area contributed by atoms with Gasteiger partial charge >= 0.3 is 0 Å². The van der Waals surface area contributed by atoms with E-state index in [0.717, 1.165) is 11.3 Å². The number of nitrogens with zero attached hydrogens (tertiary/aromatic N) is 4. The number of nitrogens with two attached hydrogens (primary N) is 1. The van der Waals surface area contributed by atoms with E-state index < -0.39 is 0 Å². The van der Waals surface area contributed by atoms with Gasteiger partial charge in [-0.3, -0.25) is 5.10 Å². The normalized spacial score (nSPS) is 13.0. The third-order valence-corrected chi connectivity index (χ3v) is 2.02. The molecule has 1 unspecified atom stereocenters. The smallest absolute Gasteiger partial charge is 0.0846 e. The third kappa shape index (κ3) is 1.80. The maximum Gasteiger partial charge on any atom is 0.0846 e. The zero-order valence-corrected chi connectivity index (χ0v) is 7.88. The highest BCUT2D eigenvalue weighted by molar-refractivity contribution is 5.11. The predicted octanol–water partition coefficient (Wildman–Crippen LogP) is -0.219. The van der Waals surface area contributed by atoms with E-state index in [-0.39, 0.29) is 6.04 Å². The summed E-state index contributed by atoms with van der Waals surface area (Å²) in [6, 6.07) is -0.0783. The van der Waals surface area contributed by atoms with Crippen LogP contribution in [0.1, 0.15) is 17.3 Å². The van der Waals surface area contributed by atoms with Crippen molar-refractivity contribution in [2.45, 2.75) is 12.5 Å². The van der Waals surface area contributed by atoms with Gasteiger partial charge in [0.15, 0.2) is 0 Å². The second kappa shape index (κ2) is 3.59. The van der Waals surface area contributed by atoms with Crippen LogP contribution < -0.4 is 5.73 Å². The molecule has 14 heavy (non-hydrogen) atoms. The molecule has 0 saturated carbocycles. The van der Waals surface area contributed by atoms with Crippen LogP contribution in [0.15, 0.2) is 18.6 Å². The minimum absolute atomic E-state index is 0.0783. The highest BCUT2D eigenvalue weighted by Gasteiger charge is 2.09. The zero-order valence-electron chi connectivity index (χ0n) is 7.88. The lowest BCUT2D eigenvalue weighted by Gasteiger charge is -2.05. The standard InChI is InChI=1S/C8H12N6/c1-14-12-5-7(13-14)2-8(9)6-3-10-11-4-6/h3-5,8H,2,9H2,1H3,(H,10,11). The maximum atomic E-state index is 5.94. The van der Waals surface area contributed by atoms with Gasteiger partial charge in [0.05, 0.1) is 18.1 Å². The highest BCUT2D eigenvalue weighted by atomic mass is 15.4.